The Balaban J connectivity index is 1.83. The van der Waals surface area contributed by atoms with Crippen LogP contribution in [0.1, 0.15) is 116 Å². The van der Waals surface area contributed by atoms with Crippen molar-refractivity contribution in [2.45, 2.75) is 177 Å². The van der Waals surface area contributed by atoms with Gasteiger partial charge in [-0.15, -0.1) is 0 Å². The second-order valence-corrected chi connectivity index (χ2v) is 23.6. The number of unbranched alkanes of at least 4 members (excludes halogenated alkanes) is 1. The summed E-state index contributed by atoms with van der Waals surface area (Å²) in [5, 5.41) is 40.9. The lowest BCUT2D eigenvalue weighted by Gasteiger charge is -2.31. The summed E-state index contributed by atoms with van der Waals surface area (Å²) in [4.78, 5) is 180. The van der Waals surface area contributed by atoms with Crippen molar-refractivity contribution in [3.8, 4) is 0 Å². The molecule has 1 aromatic heterocycles. The van der Waals surface area contributed by atoms with Crippen molar-refractivity contribution in [2.75, 3.05) is 57.9 Å². The molecular formula is C55H95N21O14S. The molecule has 0 aromatic carbocycles. The molecule has 25 N–H and O–H groups in total. The molecule has 510 valence electrons. The van der Waals surface area contributed by atoms with Crippen LogP contribution in [0, 0.1) is 5.92 Å². The zero-order valence-corrected chi connectivity index (χ0v) is 52.8. The summed E-state index contributed by atoms with van der Waals surface area (Å²) in [6.07, 6.45) is 6.32. The predicted molar refractivity (Wildman–Crippen MR) is 335 cm³/mol. The maximum Gasteiger partial charge on any atom is 0.326 e. The third kappa shape index (κ3) is 27.3. The van der Waals surface area contributed by atoms with E-state index in [0.29, 0.717) is 37.1 Å². The van der Waals surface area contributed by atoms with Crippen LogP contribution in [0.15, 0.2) is 22.5 Å². The number of thioether (sulfide) groups is 1. The first-order chi connectivity index (χ1) is 43.2. The number of hydrogen-bond donors (Lipinski definition) is 18. The lowest BCUT2D eigenvalue weighted by molar-refractivity contribution is -0.144. The number of aliphatic hydroxyl groups is 1. The first-order valence-electron chi connectivity index (χ1n) is 30.4. The van der Waals surface area contributed by atoms with Gasteiger partial charge in [0.1, 0.15) is 54.4 Å². The molecule has 2 aliphatic heterocycles. The predicted octanol–water partition coefficient (Wildman–Crippen LogP) is -6.85. The van der Waals surface area contributed by atoms with E-state index in [1.54, 1.807) is 20.1 Å². The van der Waals surface area contributed by atoms with E-state index in [0.717, 1.165) is 0 Å². The van der Waals surface area contributed by atoms with E-state index >= 15 is 0 Å². The number of carboxylic acid groups (broad SMARTS) is 1. The smallest absolute Gasteiger partial charge is 0.326 e. The number of nitrogens with two attached hydrogens (primary N) is 7. The van der Waals surface area contributed by atoms with Gasteiger partial charge in [-0.2, -0.15) is 11.8 Å². The number of carbonyl (C=O) groups is 12. The molecule has 1 aromatic rings. The summed E-state index contributed by atoms with van der Waals surface area (Å²) in [6, 6.07) is -13.1. The number of aromatic nitrogens is 2. The minimum atomic E-state index is -1.75. The second-order valence-electron chi connectivity index (χ2n) is 22.6. The van der Waals surface area contributed by atoms with Crippen LogP contribution in [0.2, 0.25) is 0 Å². The number of primary amides is 1. The number of carboxylic acids is 1. The van der Waals surface area contributed by atoms with Crippen molar-refractivity contribution in [3.63, 3.8) is 0 Å². The summed E-state index contributed by atoms with van der Waals surface area (Å²) >= 11 is 1.41. The number of hydrogen-bond acceptors (Lipinski definition) is 19. The van der Waals surface area contributed by atoms with Crippen LogP contribution in [0.5, 0.6) is 0 Å². The number of aliphatic imine (C=N–C) groups is 2. The average Bonchev–Trinajstić information content (AvgIpc) is 1.82. The minimum absolute atomic E-state index is 0.0125. The Labute approximate surface area is 532 Å². The van der Waals surface area contributed by atoms with Gasteiger partial charge in [-0.3, -0.25) is 62.7 Å². The van der Waals surface area contributed by atoms with Crippen molar-refractivity contribution in [2.24, 2.45) is 56.0 Å². The molecule has 0 spiro atoms. The molecule has 10 atom stereocenters. The number of guanidine groups is 2. The lowest BCUT2D eigenvalue weighted by Crippen LogP contribution is -2.61. The molecule has 0 unspecified atom stereocenters. The van der Waals surface area contributed by atoms with Gasteiger partial charge < -0.3 is 108 Å². The number of carbonyl (C=O) groups excluding carboxylic acids is 11. The number of H-pyrrole nitrogens is 1. The molecule has 3 rings (SSSR count). The molecule has 2 fully saturated rings. The van der Waals surface area contributed by atoms with Crippen LogP contribution in [-0.4, -0.2) is 231 Å². The Hall–Kier alpha value is -8.38. The first kappa shape index (κ1) is 76.9. The van der Waals surface area contributed by atoms with E-state index in [1.807, 2.05) is 0 Å². The highest BCUT2D eigenvalue weighted by Crippen LogP contribution is 2.22. The summed E-state index contributed by atoms with van der Waals surface area (Å²) in [6.45, 7) is 2.48. The summed E-state index contributed by atoms with van der Waals surface area (Å²) < 4.78 is 0. The fraction of sp³-hybridized carbons (Fsp3) is 0.691. The van der Waals surface area contributed by atoms with Crippen LogP contribution in [-0.2, 0) is 64.0 Å². The summed E-state index contributed by atoms with van der Waals surface area (Å²) in [5.41, 5.74) is 39.4. The zero-order valence-electron chi connectivity index (χ0n) is 52.0. The van der Waals surface area contributed by atoms with Crippen LogP contribution >= 0.6 is 11.8 Å². The lowest BCUT2D eigenvalue weighted by atomic mass is 10.0. The van der Waals surface area contributed by atoms with Gasteiger partial charge >= 0.3 is 5.97 Å². The minimum Gasteiger partial charge on any atom is -0.480 e. The number of aliphatic hydroxyl groups excluding tert-OH is 1. The van der Waals surface area contributed by atoms with Gasteiger partial charge in [0, 0.05) is 50.9 Å². The van der Waals surface area contributed by atoms with Crippen molar-refractivity contribution in [3.05, 3.63) is 18.2 Å². The standard InChI is InChI=1S/C55H95N21O14S/c1-30(2)24-37(72-46(82)34(11-6-19-64-54(59)60)69-51(87)41-14-9-22-76(41)52(88)35(12-7-20-65-55(61)62)70-44(80)32(57)15-16-42(58)78)47(83)74-39(28-77)49(85)73-38(25-31-26-63-29-67-31)48(84)68-33(10-4-5-18-56)45(81)66-27-43(79)75-21-8-13-40(75)50(86)71-36(53(89)90)17-23-91-3/h26,29-30,32-41,77H,4-25,27-28,56-57H2,1-3H3,(H2,58,78)(H,63,67)(H,66,81)(H,68,84)(H,69,87)(H,70,80)(H,71,86)(H,72,82)(H,73,85)(H,74,83)(H,89,90)(H4,59,60,64)(H4,61,62,65)/t32-,33-,34-,35-,36-,37-,38-,39-,40-,41-/m0/s1. The molecule has 35 nitrogen and oxygen atoms in total. The van der Waals surface area contributed by atoms with Gasteiger partial charge in [0.2, 0.25) is 65.0 Å². The third-order valence-corrected chi connectivity index (χ3v) is 15.5. The van der Waals surface area contributed by atoms with E-state index < -0.39 is 145 Å². The monoisotopic (exact) mass is 1310 g/mol. The maximum atomic E-state index is 14.4. The molecule has 11 amide bonds. The number of nitrogens with zero attached hydrogens (tertiary/aromatic N) is 5. The van der Waals surface area contributed by atoms with E-state index in [4.69, 9.17) is 40.1 Å². The molecule has 0 aliphatic carbocycles. The maximum absolute atomic E-state index is 14.4. The number of aliphatic carboxylic acids is 1. The Morgan fingerprint density at radius 2 is 1.16 bits per heavy atom. The van der Waals surface area contributed by atoms with E-state index in [9.17, 15) is 67.7 Å². The Kier molecular flexibility index (Phi) is 34.1. The fourth-order valence-corrected chi connectivity index (χ4v) is 10.5. The van der Waals surface area contributed by atoms with E-state index in [2.05, 4.69) is 62.5 Å². The van der Waals surface area contributed by atoms with Crippen molar-refractivity contribution < 1.29 is 67.7 Å². The van der Waals surface area contributed by atoms with Crippen LogP contribution in [0.4, 0.5) is 0 Å². The van der Waals surface area contributed by atoms with Gasteiger partial charge in [-0.1, -0.05) is 13.8 Å². The van der Waals surface area contributed by atoms with Crippen molar-refractivity contribution in [1.82, 2.24) is 62.3 Å². The Bertz CT molecular complexity index is 2660. The zero-order chi connectivity index (χ0) is 67.7. The number of imidazole rings is 1. The second kappa shape index (κ2) is 40.4. The molecule has 36 heteroatoms. The van der Waals surface area contributed by atoms with Gasteiger partial charge in [-0.25, -0.2) is 9.78 Å². The SMILES string of the molecule is CSCC[C@H](NC(=O)[C@@H]1CCCN1C(=O)CNC(=O)[C@H](CCCCN)NC(=O)[C@H](Cc1cnc[nH]1)NC(=O)[C@H](CO)NC(=O)[C@H](CC(C)C)NC(=O)[C@H](CCCN=C(N)N)NC(=O)[C@@H]1CCCN1C(=O)[C@H](CCCN=C(N)N)NC(=O)[C@@H](N)CCC(N)=O)C(=O)O. The largest absolute Gasteiger partial charge is 0.480 e. The summed E-state index contributed by atoms with van der Waals surface area (Å²) in [7, 11) is 0. The van der Waals surface area contributed by atoms with Gasteiger partial charge in [0.05, 0.1) is 25.5 Å². The Morgan fingerprint density at radius 1 is 0.648 bits per heavy atom. The number of aromatic amines is 1. The van der Waals surface area contributed by atoms with E-state index in [1.165, 1.54) is 34.1 Å². The fourth-order valence-electron chi connectivity index (χ4n) is 10.1. The van der Waals surface area contributed by atoms with Gasteiger partial charge in [0.15, 0.2) is 11.9 Å². The van der Waals surface area contributed by atoms with Gasteiger partial charge in [-0.05, 0) is 114 Å². The highest BCUT2D eigenvalue weighted by Gasteiger charge is 2.41. The number of rotatable bonds is 42. The topological polar surface area (TPSA) is 584 Å². The normalized spacial score (nSPS) is 17.1. The highest BCUT2D eigenvalue weighted by atomic mass is 32.2. The van der Waals surface area contributed by atoms with Crippen molar-refractivity contribution in [1.29, 1.82) is 0 Å². The van der Waals surface area contributed by atoms with Crippen molar-refractivity contribution >= 4 is 94.6 Å². The number of nitrogens with one attached hydrogen (secondary N) is 9. The number of amides is 11. The highest BCUT2D eigenvalue weighted by molar-refractivity contribution is 7.98. The van der Waals surface area contributed by atoms with Gasteiger partial charge in [0.25, 0.3) is 0 Å². The molecule has 0 bridgehead atoms. The molecule has 2 saturated heterocycles. The van der Waals surface area contributed by atoms with E-state index in [-0.39, 0.29) is 128 Å². The number of likely N-dealkylation sites (tertiary alicyclic amines) is 2. The summed E-state index contributed by atoms with van der Waals surface area (Å²) in [5.74, 6) is -10.2. The quantitative estimate of drug-likeness (QED) is 0.0164. The third-order valence-electron chi connectivity index (χ3n) is 14.9. The molecule has 91 heavy (non-hydrogen) atoms. The van der Waals surface area contributed by atoms with Crippen LogP contribution < -0.4 is 82.7 Å². The molecule has 0 saturated carbocycles. The average molecular weight is 1310 g/mol. The van der Waals surface area contributed by atoms with Crippen LogP contribution in [0.3, 0.4) is 0 Å². The first-order valence-corrected chi connectivity index (χ1v) is 31.8. The molecule has 2 aliphatic rings. The van der Waals surface area contributed by atoms with Crippen LogP contribution in [0.25, 0.3) is 0 Å². The molecular weight excluding hydrogens is 1210 g/mol. The molecule has 0 radical (unpaired) electrons. The molecule has 3 heterocycles. The Morgan fingerprint density at radius 3 is 1.73 bits per heavy atom.